The molecule has 0 aliphatic heterocycles. The molecular formula is C14H22N2O2. The lowest BCUT2D eigenvalue weighted by atomic mass is 9.81. The van der Waals surface area contributed by atoms with Gasteiger partial charge in [-0.15, -0.1) is 0 Å². The molecule has 0 saturated heterocycles. The Labute approximate surface area is 109 Å². The number of hydrogen-bond acceptors (Lipinski definition) is 3. The fraction of sp³-hybridized carbons (Fsp3) is 0.571. The summed E-state index contributed by atoms with van der Waals surface area (Å²) >= 11 is 0. The maximum Gasteiger partial charge on any atom is 0.269 e. The first-order valence-electron chi connectivity index (χ1n) is 6.27. The van der Waals surface area contributed by atoms with E-state index in [4.69, 9.17) is 0 Å². The third kappa shape index (κ3) is 4.11. The molecule has 0 saturated carbocycles. The number of benzene rings is 1. The third-order valence-corrected chi connectivity index (χ3v) is 3.62. The molecular weight excluding hydrogens is 228 g/mol. The third-order valence-electron chi connectivity index (χ3n) is 3.62. The molecule has 1 aromatic rings. The van der Waals surface area contributed by atoms with Gasteiger partial charge < -0.3 is 5.32 Å². The first-order chi connectivity index (χ1) is 8.33. The van der Waals surface area contributed by atoms with Gasteiger partial charge in [0.25, 0.3) is 5.69 Å². The van der Waals surface area contributed by atoms with E-state index in [1.807, 2.05) is 0 Å². The van der Waals surface area contributed by atoms with Crippen LogP contribution in [0.1, 0.15) is 33.3 Å². The Hall–Kier alpha value is -1.42. The minimum atomic E-state index is -0.376. The normalized spacial score (nSPS) is 11.8. The smallest absolute Gasteiger partial charge is 0.269 e. The van der Waals surface area contributed by atoms with E-state index in [0.717, 1.165) is 18.7 Å². The van der Waals surface area contributed by atoms with Crippen LogP contribution >= 0.6 is 0 Å². The van der Waals surface area contributed by atoms with Crippen molar-refractivity contribution < 1.29 is 4.92 Å². The maximum absolute atomic E-state index is 10.5. The predicted octanol–water partition coefficient (Wildman–Crippen LogP) is 3.37. The Bertz CT molecular complexity index is 397. The summed E-state index contributed by atoms with van der Waals surface area (Å²) < 4.78 is 0. The zero-order chi connectivity index (χ0) is 13.8. The predicted molar refractivity (Wildman–Crippen MR) is 73.4 cm³/mol. The number of non-ortho nitro benzene ring substituents is 1. The van der Waals surface area contributed by atoms with Crippen LogP contribution in [0, 0.1) is 21.4 Å². The van der Waals surface area contributed by atoms with Crippen molar-refractivity contribution in [3.63, 3.8) is 0 Å². The maximum atomic E-state index is 10.5. The molecule has 0 bridgehead atoms. The second-order valence-electron chi connectivity index (χ2n) is 5.67. The average Bonchev–Trinajstić information content (AvgIpc) is 2.29. The molecule has 0 spiro atoms. The molecule has 18 heavy (non-hydrogen) atoms. The molecule has 0 unspecified atom stereocenters. The van der Waals surface area contributed by atoms with Crippen LogP contribution in [0.3, 0.4) is 0 Å². The quantitative estimate of drug-likeness (QED) is 0.622. The topological polar surface area (TPSA) is 55.2 Å². The second-order valence-corrected chi connectivity index (χ2v) is 5.67. The first-order valence-corrected chi connectivity index (χ1v) is 6.27. The van der Waals surface area contributed by atoms with Crippen LogP contribution in [0.5, 0.6) is 0 Å². The summed E-state index contributed by atoms with van der Waals surface area (Å²) in [7, 11) is 0. The minimum Gasteiger partial charge on any atom is -0.312 e. The van der Waals surface area contributed by atoms with Gasteiger partial charge in [-0.1, -0.05) is 39.8 Å². The minimum absolute atomic E-state index is 0.140. The van der Waals surface area contributed by atoms with E-state index in [1.165, 1.54) is 0 Å². The van der Waals surface area contributed by atoms with Crippen molar-refractivity contribution in [2.45, 2.75) is 34.2 Å². The number of hydrogen-bond donors (Lipinski definition) is 1. The zero-order valence-electron chi connectivity index (χ0n) is 11.6. The van der Waals surface area contributed by atoms with Crippen LogP contribution < -0.4 is 5.32 Å². The van der Waals surface area contributed by atoms with Crippen LogP contribution in [0.15, 0.2) is 24.3 Å². The van der Waals surface area contributed by atoms with Gasteiger partial charge in [0.1, 0.15) is 0 Å². The van der Waals surface area contributed by atoms with Crippen LogP contribution in [0.25, 0.3) is 0 Å². The molecule has 0 heterocycles. The molecule has 1 aromatic carbocycles. The lowest BCUT2D eigenvalue weighted by Crippen LogP contribution is -2.33. The number of nitro groups is 1. The fourth-order valence-electron chi connectivity index (χ4n) is 1.47. The molecule has 4 nitrogen and oxygen atoms in total. The van der Waals surface area contributed by atoms with Crippen LogP contribution in [0.2, 0.25) is 0 Å². The fourth-order valence-corrected chi connectivity index (χ4v) is 1.47. The van der Waals surface area contributed by atoms with E-state index >= 15 is 0 Å². The van der Waals surface area contributed by atoms with E-state index in [1.54, 1.807) is 24.3 Å². The van der Waals surface area contributed by atoms with E-state index in [9.17, 15) is 10.1 Å². The van der Waals surface area contributed by atoms with Gasteiger partial charge in [-0.3, -0.25) is 10.1 Å². The largest absolute Gasteiger partial charge is 0.312 e. The monoisotopic (exact) mass is 250 g/mol. The van der Waals surface area contributed by atoms with Crippen molar-refractivity contribution in [2.75, 3.05) is 6.54 Å². The summed E-state index contributed by atoms with van der Waals surface area (Å²) in [5.41, 5.74) is 1.46. The van der Waals surface area contributed by atoms with Crippen molar-refractivity contribution >= 4 is 5.69 Å². The number of rotatable bonds is 6. The lowest BCUT2D eigenvalue weighted by molar-refractivity contribution is -0.384. The Balaban J connectivity index is 2.47. The highest BCUT2D eigenvalue weighted by Gasteiger charge is 2.21. The van der Waals surface area contributed by atoms with Crippen molar-refractivity contribution in [1.29, 1.82) is 0 Å². The SMILES string of the molecule is CC(C)C(C)(C)CNCc1ccc([N+](=O)[O-])cc1. The van der Waals surface area contributed by atoms with Crippen molar-refractivity contribution in [2.24, 2.45) is 11.3 Å². The Morgan fingerprint density at radius 3 is 2.28 bits per heavy atom. The molecule has 0 aliphatic carbocycles. The molecule has 0 radical (unpaired) electrons. The molecule has 1 N–H and O–H groups in total. The summed E-state index contributed by atoms with van der Waals surface area (Å²) in [4.78, 5) is 10.1. The van der Waals surface area contributed by atoms with Crippen molar-refractivity contribution in [3.8, 4) is 0 Å². The molecule has 0 fully saturated rings. The van der Waals surface area contributed by atoms with Gasteiger partial charge in [-0.05, 0) is 16.9 Å². The highest BCUT2D eigenvalue weighted by atomic mass is 16.6. The average molecular weight is 250 g/mol. The second kappa shape index (κ2) is 5.96. The Kier molecular flexibility index (Phi) is 4.84. The van der Waals surface area contributed by atoms with Crippen LogP contribution in [-0.4, -0.2) is 11.5 Å². The molecule has 1 rings (SSSR count). The van der Waals surface area contributed by atoms with Gasteiger partial charge in [-0.2, -0.15) is 0 Å². The zero-order valence-corrected chi connectivity index (χ0v) is 11.6. The number of nitro benzene ring substituents is 1. The summed E-state index contributed by atoms with van der Waals surface area (Å²) in [6.07, 6.45) is 0. The highest BCUT2D eigenvalue weighted by molar-refractivity contribution is 5.32. The van der Waals surface area contributed by atoms with Gasteiger partial charge >= 0.3 is 0 Å². The number of nitrogens with zero attached hydrogens (tertiary/aromatic N) is 1. The lowest BCUT2D eigenvalue weighted by Gasteiger charge is -2.29. The first kappa shape index (κ1) is 14.6. The van der Waals surface area contributed by atoms with E-state index in [2.05, 4.69) is 33.0 Å². The van der Waals surface area contributed by atoms with Crippen LogP contribution in [0.4, 0.5) is 5.69 Å². The van der Waals surface area contributed by atoms with Gasteiger partial charge in [0.15, 0.2) is 0 Å². The van der Waals surface area contributed by atoms with Crippen LogP contribution in [-0.2, 0) is 6.54 Å². The van der Waals surface area contributed by atoms with E-state index < -0.39 is 0 Å². The molecule has 100 valence electrons. The van der Waals surface area contributed by atoms with E-state index in [-0.39, 0.29) is 16.0 Å². The summed E-state index contributed by atoms with van der Waals surface area (Å²) in [5, 5.41) is 13.9. The van der Waals surface area contributed by atoms with Gasteiger partial charge in [0.05, 0.1) is 4.92 Å². The van der Waals surface area contributed by atoms with Gasteiger partial charge in [0.2, 0.25) is 0 Å². The molecule has 0 amide bonds. The standard InChI is InChI=1S/C14H22N2O2/c1-11(2)14(3,4)10-15-9-12-5-7-13(8-6-12)16(17)18/h5-8,11,15H,9-10H2,1-4H3. The molecule has 4 heteroatoms. The summed E-state index contributed by atoms with van der Waals surface area (Å²) in [5.74, 6) is 0.613. The Morgan fingerprint density at radius 1 is 1.28 bits per heavy atom. The highest BCUT2D eigenvalue weighted by Crippen LogP contribution is 2.24. The summed E-state index contributed by atoms with van der Waals surface area (Å²) in [6, 6.07) is 6.69. The van der Waals surface area contributed by atoms with E-state index in [0.29, 0.717) is 5.92 Å². The molecule has 0 aliphatic rings. The van der Waals surface area contributed by atoms with Crippen molar-refractivity contribution in [3.05, 3.63) is 39.9 Å². The molecule has 0 atom stereocenters. The Morgan fingerprint density at radius 2 is 1.83 bits per heavy atom. The van der Waals surface area contributed by atoms with Gasteiger partial charge in [-0.25, -0.2) is 0 Å². The van der Waals surface area contributed by atoms with Crippen molar-refractivity contribution in [1.82, 2.24) is 5.32 Å². The number of nitrogens with one attached hydrogen (secondary N) is 1. The summed E-state index contributed by atoms with van der Waals surface area (Å²) in [6.45, 7) is 10.6. The van der Waals surface area contributed by atoms with Gasteiger partial charge in [0, 0.05) is 25.2 Å². The molecule has 0 aromatic heterocycles.